The highest BCUT2D eigenvalue weighted by Gasteiger charge is 2.13. The van der Waals surface area contributed by atoms with Gasteiger partial charge in [0.25, 0.3) is 0 Å². The van der Waals surface area contributed by atoms with E-state index in [-0.39, 0.29) is 11.0 Å². The van der Waals surface area contributed by atoms with Gasteiger partial charge < -0.3 is 9.84 Å². The molecular formula is C11H11NO3S. The first-order valence-corrected chi connectivity index (χ1v) is 5.68. The minimum atomic E-state index is -0.932. The van der Waals surface area contributed by atoms with E-state index in [1.807, 2.05) is 13.8 Å². The number of thiophene rings is 1. The number of aromatic carboxylic acids is 1. The monoisotopic (exact) mass is 237 g/mol. The standard InChI is InChI=1S/C11H11NO3S/c1-6(2)15-8-3-4-12-7-5-9(11(13)14)16-10(7)8/h3-6H,1-2H3,(H,13,14). The molecule has 2 rings (SSSR count). The molecule has 84 valence electrons. The Balaban J connectivity index is 2.54. The summed E-state index contributed by atoms with van der Waals surface area (Å²) in [6.07, 6.45) is 1.68. The zero-order valence-corrected chi connectivity index (χ0v) is 9.75. The maximum absolute atomic E-state index is 10.8. The molecule has 16 heavy (non-hydrogen) atoms. The number of nitrogens with zero attached hydrogens (tertiary/aromatic N) is 1. The Kier molecular flexibility index (Phi) is 2.78. The molecule has 2 heterocycles. The molecule has 2 aromatic rings. The summed E-state index contributed by atoms with van der Waals surface area (Å²) in [4.78, 5) is 15.2. The first-order valence-electron chi connectivity index (χ1n) is 4.86. The summed E-state index contributed by atoms with van der Waals surface area (Å²) in [5.74, 6) is -0.240. The van der Waals surface area contributed by atoms with Crippen molar-refractivity contribution in [2.24, 2.45) is 0 Å². The van der Waals surface area contributed by atoms with Crippen LogP contribution in [0.1, 0.15) is 23.5 Å². The second-order valence-corrected chi connectivity index (χ2v) is 4.66. The molecule has 0 atom stereocenters. The largest absolute Gasteiger partial charge is 0.489 e. The number of fused-ring (bicyclic) bond motifs is 1. The summed E-state index contributed by atoms with van der Waals surface area (Å²) >= 11 is 1.19. The number of pyridine rings is 1. The Labute approximate surface area is 96.5 Å². The average molecular weight is 237 g/mol. The normalized spacial score (nSPS) is 10.9. The van der Waals surface area contributed by atoms with Crippen molar-refractivity contribution < 1.29 is 14.6 Å². The highest BCUT2D eigenvalue weighted by Crippen LogP contribution is 2.32. The zero-order valence-electron chi connectivity index (χ0n) is 8.93. The fraction of sp³-hybridized carbons (Fsp3) is 0.273. The van der Waals surface area contributed by atoms with Crippen LogP contribution in [-0.4, -0.2) is 22.2 Å². The first kappa shape index (κ1) is 10.9. The second-order valence-electron chi connectivity index (χ2n) is 3.61. The van der Waals surface area contributed by atoms with Crippen LogP contribution in [0.25, 0.3) is 10.2 Å². The third-order valence-corrected chi connectivity index (χ3v) is 3.08. The van der Waals surface area contributed by atoms with E-state index in [4.69, 9.17) is 9.84 Å². The van der Waals surface area contributed by atoms with Crippen molar-refractivity contribution in [3.63, 3.8) is 0 Å². The fourth-order valence-electron chi connectivity index (χ4n) is 1.37. The van der Waals surface area contributed by atoms with Gasteiger partial charge in [-0.05, 0) is 26.0 Å². The molecule has 2 aromatic heterocycles. The Morgan fingerprint density at radius 3 is 2.94 bits per heavy atom. The lowest BCUT2D eigenvalue weighted by atomic mass is 10.3. The summed E-state index contributed by atoms with van der Waals surface area (Å²) in [6, 6.07) is 3.32. The number of carboxylic acid groups (broad SMARTS) is 1. The predicted octanol–water partition coefficient (Wildman–Crippen LogP) is 2.78. The molecule has 0 amide bonds. The van der Waals surface area contributed by atoms with Crippen LogP contribution in [0.4, 0.5) is 0 Å². The second kappa shape index (κ2) is 4.09. The van der Waals surface area contributed by atoms with Gasteiger partial charge in [-0.2, -0.15) is 0 Å². The maximum atomic E-state index is 10.8. The topological polar surface area (TPSA) is 59.4 Å². The molecule has 0 saturated carbocycles. The van der Waals surface area contributed by atoms with Gasteiger partial charge in [0, 0.05) is 6.20 Å². The molecule has 0 aliphatic carbocycles. The van der Waals surface area contributed by atoms with Gasteiger partial charge in [-0.1, -0.05) is 0 Å². The lowest BCUT2D eigenvalue weighted by Crippen LogP contribution is -2.05. The number of hydrogen-bond acceptors (Lipinski definition) is 4. The minimum Gasteiger partial charge on any atom is -0.489 e. The summed E-state index contributed by atoms with van der Waals surface area (Å²) in [7, 11) is 0. The predicted molar refractivity (Wildman–Crippen MR) is 62.3 cm³/mol. The van der Waals surface area contributed by atoms with Gasteiger partial charge >= 0.3 is 5.97 Å². The number of aromatic nitrogens is 1. The molecule has 4 nitrogen and oxygen atoms in total. The van der Waals surface area contributed by atoms with Crippen molar-refractivity contribution in [1.82, 2.24) is 4.98 Å². The fourth-order valence-corrected chi connectivity index (χ4v) is 2.28. The average Bonchev–Trinajstić information content (AvgIpc) is 2.61. The van der Waals surface area contributed by atoms with Crippen molar-refractivity contribution in [1.29, 1.82) is 0 Å². The molecule has 0 saturated heterocycles. The van der Waals surface area contributed by atoms with Crippen LogP contribution in [0.15, 0.2) is 18.3 Å². The third-order valence-electron chi connectivity index (χ3n) is 1.95. The molecule has 0 radical (unpaired) electrons. The molecule has 0 unspecified atom stereocenters. The van der Waals surface area contributed by atoms with Crippen molar-refractivity contribution in [3.8, 4) is 5.75 Å². The van der Waals surface area contributed by atoms with E-state index >= 15 is 0 Å². The van der Waals surface area contributed by atoms with Gasteiger partial charge in [0.15, 0.2) is 0 Å². The van der Waals surface area contributed by atoms with E-state index in [1.54, 1.807) is 18.3 Å². The molecule has 5 heteroatoms. The van der Waals surface area contributed by atoms with Crippen LogP contribution in [0, 0.1) is 0 Å². The number of rotatable bonds is 3. The van der Waals surface area contributed by atoms with E-state index in [1.165, 1.54) is 11.3 Å². The van der Waals surface area contributed by atoms with Crippen LogP contribution >= 0.6 is 11.3 Å². The van der Waals surface area contributed by atoms with Crippen LogP contribution in [0.5, 0.6) is 5.75 Å². The molecule has 0 aliphatic rings. The molecule has 0 fully saturated rings. The smallest absolute Gasteiger partial charge is 0.345 e. The quantitative estimate of drug-likeness (QED) is 0.891. The van der Waals surface area contributed by atoms with E-state index < -0.39 is 5.97 Å². The summed E-state index contributed by atoms with van der Waals surface area (Å²) in [5, 5.41) is 8.90. The Morgan fingerprint density at radius 2 is 2.31 bits per heavy atom. The highest BCUT2D eigenvalue weighted by atomic mass is 32.1. The van der Waals surface area contributed by atoms with Gasteiger partial charge in [0.2, 0.25) is 0 Å². The number of carbonyl (C=O) groups is 1. The zero-order chi connectivity index (χ0) is 11.7. The molecular weight excluding hydrogens is 226 g/mol. The van der Waals surface area contributed by atoms with Gasteiger partial charge in [0.1, 0.15) is 10.6 Å². The maximum Gasteiger partial charge on any atom is 0.345 e. The summed E-state index contributed by atoms with van der Waals surface area (Å²) < 4.78 is 6.38. The van der Waals surface area contributed by atoms with Crippen molar-refractivity contribution in [2.75, 3.05) is 0 Å². The Morgan fingerprint density at radius 1 is 1.56 bits per heavy atom. The molecule has 0 aromatic carbocycles. The lowest BCUT2D eigenvalue weighted by Gasteiger charge is -2.09. The minimum absolute atomic E-state index is 0.0565. The van der Waals surface area contributed by atoms with E-state index in [0.717, 1.165) is 4.70 Å². The molecule has 0 bridgehead atoms. The lowest BCUT2D eigenvalue weighted by molar-refractivity contribution is 0.0702. The molecule has 1 N–H and O–H groups in total. The number of hydrogen-bond donors (Lipinski definition) is 1. The van der Waals surface area contributed by atoms with Crippen molar-refractivity contribution in [2.45, 2.75) is 20.0 Å². The van der Waals surface area contributed by atoms with E-state index in [2.05, 4.69) is 4.98 Å². The Bertz CT molecular complexity index is 533. The van der Waals surface area contributed by atoms with Gasteiger partial charge in [-0.25, -0.2) is 4.79 Å². The summed E-state index contributed by atoms with van der Waals surface area (Å²) in [5.41, 5.74) is 0.667. The van der Waals surface area contributed by atoms with Gasteiger partial charge in [0.05, 0.1) is 16.3 Å². The van der Waals surface area contributed by atoms with E-state index in [9.17, 15) is 4.79 Å². The highest BCUT2D eigenvalue weighted by molar-refractivity contribution is 7.21. The van der Waals surface area contributed by atoms with Crippen molar-refractivity contribution in [3.05, 3.63) is 23.2 Å². The van der Waals surface area contributed by atoms with Crippen LogP contribution < -0.4 is 4.74 Å². The van der Waals surface area contributed by atoms with Crippen LogP contribution in [0.3, 0.4) is 0 Å². The number of carboxylic acids is 1. The molecule has 0 aliphatic heterocycles. The third kappa shape index (κ3) is 1.99. The first-order chi connectivity index (χ1) is 7.58. The van der Waals surface area contributed by atoms with Crippen molar-refractivity contribution >= 4 is 27.5 Å². The van der Waals surface area contributed by atoms with Crippen LogP contribution in [-0.2, 0) is 0 Å². The molecule has 0 spiro atoms. The number of ether oxygens (including phenoxy) is 1. The van der Waals surface area contributed by atoms with E-state index in [0.29, 0.717) is 11.3 Å². The SMILES string of the molecule is CC(C)Oc1ccnc2cc(C(=O)O)sc12. The van der Waals surface area contributed by atoms with Gasteiger partial charge in [-0.15, -0.1) is 11.3 Å². The van der Waals surface area contributed by atoms with Gasteiger partial charge in [-0.3, -0.25) is 4.98 Å². The summed E-state index contributed by atoms with van der Waals surface area (Å²) in [6.45, 7) is 3.86. The van der Waals surface area contributed by atoms with Crippen LogP contribution in [0.2, 0.25) is 0 Å². The Hall–Kier alpha value is -1.62.